The zero-order chi connectivity index (χ0) is 29.8. The molecule has 0 aliphatic heterocycles. The Morgan fingerprint density at radius 3 is 1.05 bits per heavy atom. The molecule has 0 amide bonds. The fourth-order valence-corrected chi connectivity index (χ4v) is 4.09. The van der Waals surface area contributed by atoms with Crippen LogP contribution in [-0.4, -0.2) is 34.5 Å². The SMILES string of the molecule is CC(/C=C(/C)[N-]Cc1ccccc1)=[NH+]Cc1ccccc1.CC(/C=C(/C)[N-]Cc1ccccc1)=[NH+]Cc1ccccc1.[Mg+2]. The monoisotopic (exact) mass is 580 g/mol. The molecule has 0 radical (unpaired) electrons. The third kappa shape index (κ3) is 15.8. The van der Waals surface area contributed by atoms with E-state index in [1.165, 1.54) is 22.3 Å². The summed E-state index contributed by atoms with van der Waals surface area (Å²) in [5.74, 6) is 0. The van der Waals surface area contributed by atoms with E-state index in [4.69, 9.17) is 0 Å². The van der Waals surface area contributed by atoms with Crippen LogP contribution in [0.15, 0.2) is 145 Å². The molecular formula is C38H44MgN4+2. The van der Waals surface area contributed by atoms with E-state index in [2.05, 4.69) is 119 Å². The summed E-state index contributed by atoms with van der Waals surface area (Å²) in [5, 5.41) is 9.18. The minimum atomic E-state index is 0. The standard InChI is InChI=1S/2C19H21N2.Mg/c2*1-16(20-14-18-9-5-3-6-10-18)13-17(2)21-15-19-11-7-4-8-12-19;/h2*3-13H,14-15H2,1-2H3;/q2*-1;+2/p+2/b2*16-13-,21-17?;. The van der Waals surface area contributed by atoms with Crippen LogP contribution in [0.1, 0.15) is 49.9 Å². The van der Waals surface area contributed by atoms with Gasteiger partial charge >= 0.3 is 23.1 Å². The van der Waals surface area contributed by atoms with E-state index in [-0.39, 0.29) is 23.1 Å². The molecule has 0 saturated carbocycles. The van der Waals surface area contributed by atoms with Gasteiger partial charge < -0.3 is 10.6 Å². The molecule has 4 nitrogen and oxygen atoms in total. The molecule has 2 N–H and O–H groups in total. The molecule has 4 rings (SSSR count). The van der Waals surface area contributed by atoms with Crippen LogP contribution in [0.5, 0.6) is 0 Å². The van der Waals surface area contributed by atoms with Crippen molar-refractivity contribution in [2.75, 3.05) is 0 Å². The third-order valence-electron chi connectivity index (χ3n) is 6.39. The van der Waals surface area contributed by atoms with E-state index in [0.29, 0.717) is 0 Å². The molecule has 0 atom stereocenters. The van der Waals surface area contributed by atoms with Crippen molar-refractivity contribution < 1.29 is 9.98 Å². The van der Waals surface area contributed by atoms with Crippen molar-refractivity contribution in [2.45, 2.75) is 53.9 Å². The Labute approximate surface area is 274 Å². The Hall–Kier alpha value is -3.93. The maximum atomic E-state index is 4.59. The summed E-state index contributed by atoms with van der Waals surface area (Å²) < 4.78 is 0. The fourth-order valence-electron chi connectivity index (χ4n) is 4.09. The van der Waals surface area contributed by atoms with Gasteiger partial charge in [-0.3, -0.25) is 0 Å². The first kappa shape index (κ1) is 35.3. The van der Waals surface area contributed by atoms with Gasteiger partial charge in [-0.15, -0.1) is 13.1 Å². The van der Waals surface area contributed by atoms with E-state index >= 15 is 0 Å². The van der Waals surface area contributed by atoms with Gasteiger partial charge in [-0.1, -0.05) is 146 Å². The summed E-state index contributed by atoms with van der Waals surface area (Å²) in [7, 11) is 0. The topological polar surface area (TPSA) is 56.1 Å². The Balaban J connectivity index is 0.000000293. The molecule has 0 spiro atoms. The first-order valence-electron chi connectivity index (χ1n) is 14.5. The Kier molecular flexibility index (Phi) is 17.1. The third-order valence-corrected chi connectivity index (χ3v) is 6.39. The largest absolute Gasteiger partial charge is 2.00 e. The Morgan fingerprint density at radius 2 is 0.744 bits per heavy atom. The van der Waals surface area contributed by atoms with Crippen molar-refractivity contribution in [1.82, 2.24) is 0 Å². The van der Waals surface area contributed by atoms with Crippen molar-refractivity contribution in [2.24, 2.45) is 0 Å². The zero-order valence-corrected chi connectivity index (χ0v) is 27.5. The molecule has 0 unspecified atom stereocenters. The van der Waals surface area contributed by atoms with Crippen molar-refractivity contribution in [3.8, 4) is 0 Å². The van der Waals surface area contributed by atoms with E-state index in [0.717, 1.165) is 49.0 Å². The van der Waals surface area contributed by atoms with Crippen LogP contribution in [0.4, 0.5) is 0 Å². The van der Waals surface area contributed by atoms with Gasteiger partial charge in [0, 0.05) is 25.0 Å². The zero-order valence-electron chi connectivity index (χ0n) is 26.1. The van der Waals surface area contributed by atoms with Crippen LogP contribution in [0.2, 0.25) is 0 Å². The van der Waals surface area contributed by atoms with Gasteiger partial charge in [0.05, 0.1) is 0 Å². The molecule has 4 aromatic rings. The Morgan fingerprint density at radius 1 is 0.465 bits per heavy atom. The maximum absolute atomic E-state index is 4.59. The summed E-state index contributed by atoms with van der Waals surface area (Å²) >= 11 is 0. The number of hydrogen-bond donors (Lipinski definition) is 2. The summed E-state index contributed by atoms with van der Waals surface area (Å²) in [4.78, 5) is 6.82. The average molecular weight is 581 g/mol. The molecule has 4 aromatic carbocycles. The number of nitrogens with one attached hydrogen (secondary N) is 2. The molecule has 5 heteroatoms. The van der Waals surface area contributed by atoms with Gasteiger partial charge in [0.25, 0.3) is 0 Å². The predicted molar refractivity (Wildman–Crippen MR) is 184 cm³/mol. The van der Waals surface area contributed by atoms with Gasteiger partial charge in [-0.05, 0) is 12.2 Å². The quantitative estimate of drug-likeness (QED) is 0.152. The first-order chi connectivity index (χ1) is 20.5. The van der Waals surface area contributed by atoms with Crippen LogP contribution in [0, 0.1) is 0 Å². The van der Waals surface area contributed by atoms with Gasteiger partial charge in [0.15, 0.2) is 24.5 Å². The van der Waals surface area contributed by atoms with Crippen LogP contribution < -0.4 is 9.98 Å². The first-order valence-corrected chi connectivity index (χ1v) is 14.5. The van der Waals surface area contributed by atoms with Crippen LogP contribution in [0.3, 0.4) is 0 Å². The van der Waals surface area contributed by atoms with Crippen LogP contribution >= 0.6 is 0 Å². The number of nitrogens with zero attached hydrogens (tertiary/aromatic N) is 2. The van der Waals surface area contributed by atoms with E-state index < -0.39 is 0 Å². The molecule has 0 aliphatic carbocycles. The second-order valence-electron chi connectivity index (χ2n) is 10.2. The van der Waals surface area contributed by atoms with Crippen molar-refractivity contribution >= 4 is 34.5 Å². The van der Waals surface area contributed by atoms with Gasteiger partial charge in [0.1, 0.15) is 0 Å². The average Bonchev–Trinajstić information content (AvgIpc) is 3.03. The summed E-state index contributed by atoms with van der Waals surface area (Å²) in [5.41, 5.74) is 9.38. The van der Waals surface area contributed by atoms with Crippen molar-refractivity contribution in [3.05, 3.63) is 178 Å². The Bertz CT molecular complexity index is 1320. The minimum absolute atomic E-state index is 0. The number of benzene rings is 4. The number of hydrogen-bond acceptors (Lipinski definition) is 0. The molecule has 0 aliphatic rings. The predicted octanol–water partition coefficient (Wildman–Crippen LogP) is 6.03. The second-order valence-corrected chi connectivity index (χ2v) is 10.2. The van der Waals surface area contributed by atoms with Gasteiger partial charge in [-0.2, -0.15) is 11.4 Å². The molecule has 0 bridgehead atoms. The smallest absolute Gasteiger partial charge is 0.684 e. The second kappa shape index (κ2) is 20.9. The molecule has 43 heavy (non-hydrogen) atoms. The molecule has 216 valence electrons. The minimum Gasteiger partial charge on any atom is -0.684 e. The number of rotatable bonds is 12. The summed E-state index contributed by atoms with van der Waals surface area (Å²) in [6.07, 6.45) is 4.18. The summed E-state index contributed by atoms with van der Waals surface area (Å²) in [6, 6.07) is 41.4. The van der Waals surface area contributed by atoms with Crippen LogP contribution in [0.25, 0.3) is 10.6 Å². The van der Waals surface area contributed by atoms with Crippen molar-refractivity contribution in [1.29, 1.82) is 0 Å². The van der Waals surface area contributed by atoms with Crippen LogP contribution in [-0.2, 0) is 26.2 Å². The normalized spacial score (nSPS) is 12.0. The molecular weight excluding hydrogens is 537 g/mol. The van der Waals surface area contributed by atoms with E-state index in [1.54, 1.807) is 0 Å². The molecule has 0 heterocycles. The van der Waals surface area contributed by atoms with Gasteiger partial charge in [-0.25, -0.2) is 9.98 Å². The molecule has 0 fully saturated rings. The fraction of sp³-hybridized carbons (Fsp3) is 0.211. The van der Waals surface area contributed by atoms with E-state index in [9.17, 15) is 0 Å². The van der Waals surface area contributed by atoms with E-state index in [1.807, 2.05) is 62.4 Å². The summed E-state index contributed by atoms with van der Waals surface area (Å²) in [6.45, 7) is 11.4. The maximum Gasteiger partial charge on any atom is 2.00 e. The van der Waals surface area contributed by atoms with Gasteiger partial charge in [0.2, 0.25) is 0 Å². The molecule has 0 saturated heterocycles. The number of allylic oxidation sites excluding steroid dienone is 4. The van der Waals surface area contributed by atoms with Crippen molar-refractivity contribution in [3.63, 3.8) is 0 Å². The molecule has 0 aromatic heterocycles.